The highest BCUT2D eigenvalue weighted by Gasteiger charge is 2.08. The molecule has 2 rings (SSSR count). The summed E-state index contributed by atoms with van der Waals surface area (Å²) in [7, 11) is 0. The number of rotatable bonds is 0. The summed E-state index contributed by atoms with van der Waals surface area (Å²) < 4.78 is 0. The zero-order chi connectivity index (χ0) is 13.0. The topological polar surface area (TPSA) is 47.6 Å². The van der Waals surface area contributed by atoms with Gasteiger partial charge in [-0.1, -0.05) is 23.6 Å². The van der Waals surface area contributed by atoms with Gasteiger partial charge >= 0.3 is 0 Å². The van der Waals surface area contributed by atoms with Crippen molar-refractivity contribution < 1.29 is 0 Å². The number of aryl methyl sites for hydroxylation is 1. The molecular formula is C15H8N2S. The lowest BCUT2D eigenvalue weighted by Gasteiger charge is -1.91. The molecule has 2 aromatic rings. The van der Waals surface area contributed by atoms with Crippen LogP contribution >= 0.6 is 11.3 Å². The predicted molar refractivity (Wildman–Crippen MR) is 70.9 cm³/mol. The Kier molecular flexibility index (Phi) is 3.44. The first-order valence-electron chi connectivity index (χ1n) is 5.25. The van der Waals surface area contributed by atoms with Gasteiger partial charge in [0.15, 0.2) is 0 Å². The zero-order valence-corrected chi connectivity index (χ0v) is 10.5. The maximum absolute atomic E-state index is 8.99. The summed E-state index contributed by atoms with van der Waals surface area (Å²) in [5.41, 5.74) is 2.86. The van der Waals surface area contributed by atoms with Crippen LogP contribution in [0.15, 0.2) is 29.6 Å². The van der Waals surface area contributed by atoms with Crippen molar-refractivity contribution >= 4 is 11.3 Å². The molecule has 0 amide bonds. The minimum absolute atomic E-state index is 0.377. The van der Waals surface area contributed by atoms with Gasteiger partial charge in [-0.15, -0.1) is 11.3 Å². The maximum Gasteiger partial charge on any atom is 0.103 e. The van der Waals surface area contributed by atoms with Gasteiger partial charge in [0, 0.05) is 10.9 Å². The molecule has 1 aromatic heterocycles. The molecule has 0 saturated carbocycles. The molecule has 3 heteroatoms. The second-order valence-electron chi connectivity index (χ2n) is 3.69. The van der Waals surface area contributed by atoms with Crippen molar-refractivity contribution in [2.45, 2.75) is 6.92 Å². The molecule has 0 fully saturated rings. The maximum atomic E-state index is 8.99. The van der Waals surface area contributed by atoms with E-state index in [9.17, 15) is 0 Å². The van der Waals surface area contributed by atoms with Crippen molar-refractivity contribution in [2.75, 3.05) is 0 Å². The molecule has 0 bridgehead atoms. The van der Waals surface area contributed by atoms with Gasteiger partial charge in [-0.3, -0.25) is 0 Å². The first-order valence-corrected chi connectivity index (χ1v) is 6.13. The Balaban J connectivity index is 2.37. The van der Waals surface area contributed by atoms with Crippen molar-refractivity contribution in [1.29, 1.82) is 10.5 Å². The first-order chi connectivity index (χ1) is 8.74. The monoisotopic (exact) mass is 248 g/mol. The first kappa shape index (κ1) is 11.9. The molecule has 0 saturated heterocycles. The molecule has 2 nitrogen and oxygen atoms in total. The van der Waals surface area contributed by atoms with Crippen molar-refractivity contribution in [2.24, 2.45) is 0 Å². The lowest BCUT2D eigenvalue weighted by atomic mass is 10.1. The number of hydrogen-bond donors (Lipinski definition) is 0. The van der Waals surface area contributed by atoms with Crippen LogP contribution in [0, 0.1) is 41.4 Å². The molecule has 0 aliphatic heterocycles. The van der Waals surface area contributed by atoms with Crippen LogP contribution in [0.5, 0.6) is 0 Å². The molecule has 0 atom stereocenters. The van der Waals surface area contributed by atoms with Gasteiger partial charge in [0.1, 0.15) is 12.1 Å². The van der Waals surface area contributed by atoms with Crippen molar-refractivity contribution in [3.05, 3.63) is 56.8 Å². The van der Waals surface area contributed by atoms with E-state index in [2.05, 4.69) is 11.8 Å². The predicted octanol–water partition coefficient (Wildman–Crippen LogP) is 3.20. The fourth-order valence-electron chi connectivity index (χ4n) is 1.41. The van der Waals surface area contributed by atoms with Crippen molar-refractivity contribution in [3.8, 4) is 24.0 Å². The number of thiophene rings is 1. The van der Waals surface area contributed by atoms with Crippen LogP contribution in [0.1, 0.15) is 27.1 Å². The van der Waals surface area contributed by atoms with E-state index in [1.165, 1.54) is 16.9 Å². The van der Waals surface area contributed by atoms with Gasteiger partial charge in [-0.05, 0) is 25.0 Å². The molecule has 0 aliphatic rings. The summed E-state index contributed by atoms with van der Waals surface area (Å²) in [5.74, 6) is 5.95. The van der Waals surface area contributed by atoms with E-state index in [4.69, 9.17) is 10.5 Å². The lowest BCUT2D eigenvalue weighted by molar-refractivity contribution is 1.45. The molecule has 1 aromatic carbocycles. The van der Waals surface area contributed by atoms with Crippen LogP contribution in [0.25, 0.3) is 0 Å². The van der Waals surface area contributed by atoms with E-state index in [0.29, 0.717) is 16.0 Å². The summed E-state index contributed by atoms with van der Waals surface area (Å²) in [4.78, 5) is 0.648. The molecule has 0 N–H and O–H groups in total. The van der Waals surface area contributed by atoms with Crippen LogP contribution in [0.3, 0.4) is 0 Å². The highest BCUT2D eigenvalue weighted by atomic mass is 32.1. The fraction of sp³-hybridized carbons (Fsp3) is 0.0667. The van der Waals surface area contributed by atoms with Gasteiger partial charge in [-0.2, -0.15) is 10.5 Å². The minimum atomic E-state index is 0.377. The highest BCUT2D eigenvalue weighted by molar-refractivity contribution is 7.11. The van der Waals surface area contributed by atoms with E-state index < -0.39 is 0 Å². The summed E-state index contributed by atoms with van der Waals surface area (Å²) in [6.07, 6.45) is 0. The summed E-state index contributed by atoms with van der Waals surface area (Å²) in [6.45, 7) is 2.02. The minimum Gasteiger partial charge on any atom is -0.192 e. The quantitative estimate of drug-likeness (QED) is 0.672. The van der Waals surface area contributed by atoms with Gasteiger partial charge in [0.25, 0.3) is 0 Å². The molecule has 0 aliphatic carbocycles. The van der Waals surface area contributed by atoms with Crippen LogP contribution in [0.2, 0.25) is 0 Å². The van der Waals surface area contributed by atoms with Crippen LogP contribution in [0.4, 0.5) is 0 Å². The third-order valence-corrected chi connectivity index (χ3v) is 3.29. The van der Waals surface area contributed by atoms with Gasteiger partial charge in [0.05, 0.1) is 16.0 Å². The standard InChI is InChI=1S/C15H8N2S/c1-11-2-4-12(5-3-11)6-7-15-14(9-17)13(8-16)10-18-15/h2-5,10H,1H3. The summed E-state index contributed by atoms with van der Waals surface area (Å²) in [6, 6.07) is 11.9. The average Bonchev–Trinajstić information content (AvgIpc) is 2.80. The van der Waals surface area contributed by atoms with Crippen LogP contribution < -0.4 is 0 Å². The summed E-state index contributed by atoms with van der Waals surface area (Å²) >= 11 is 1.33. The number of hydrogen-bond acceptors (Lipinski definition) is 3. The van der Waals surface area contributed by atoms with Crippen molar-refractivity contribution in [3.63, 3.8) is 0 Å². The molecule has 0 radical (unpaired) electrons. The number of nitriles is 2. The fourth-order valence-corrected chi connectivity index (χ4v) is 2.20. The largest absolute Gasteiger partial charge is 0.192 e. The SMILES string of the molecule is Cc1ccc(C#Cc2scc(C#N)c2C#N)cc1. The van der Waals surface area contributed by atoms with E-state index in [1.807, 2.05) is 43.3 Å². The van der Waals surface area contributed by atoms with Crippen molar-refractivity contribution in [1.82, 2.24) is 0 Å². The second kappa shape index (κ2) is 5.19. The molecule has 0 unspecified atom stereocenters. The van der Waals surface area contributed by atoms with E-state index in [-0.39, 0.29) is 0 Å². The third-order valence-electron chi connectivity index (χ3n) is 2.40. The van der Waals surface area contributed by atoms with Crippen LogP contribution in [-0.2, 0) is 0 Å². The Hall–Kier alpha value is -2.54. The molecular weight excluding hydrogens is 240 g/mol. The van der Waals surface area contributed by atoms with Gasteiger partial charge < -0.3 is 0 Å². The Labute approximate surface area is 110 Å². The van der Waals surface area contributed by atoms with Gasteiger partial charge in [0.2, 0.25) is 0 Å². The second-order valence-corrected chi connectivity index (χ2v) is 4.57. The van der Waals surface area contributed by atoms with Crippen LogP contribution in [-0.4, -0.2) is 0 Å². The third kappa shape index (κ3) is 2.41. The van der Waals surface area contributed by atoms with E-state index >= 15 is 0 Å². The number of nitrogens with zero attached hydrogens (tertiary/aromatic N) is 2. The molecule has 84 valence electrons. The Morgan fingerprint density at radius 3 is 2.33 bits per heavy atom. The summed E-state index contributed by atoms with van der Waals surface area (Å²) in [5, 5.41) is 19.5. The Bertz CT molecular complexity index is 713. The molecule has 0 spiro atoms. The van der Waals surface area contributed by atoms with E-state index in [0.717, 1.165) is 5.56 Å². The number of benzene rings is 1. The molecule has 1 heterocycles. The normalized spacial score (nSPS) is 8.83. The highest BCUT2D eigenvalue weighted by Crippen LogP contribution is 2.20. The molecule has 18 heavy (non-hydrogen) atoms. The zero-order valence-electron chi connectivity index (χ0n) is 9.69. The Morgan fingerprint density at radius 1 is 1.00 bits per heavy atom. The smallest absolute Gasteiger partial charge is 0.103 e. The Morgan fingerprint density at radius 2 is 1.72 bits per heavy atom. The van der Waals surface area contributed by atoms with E-state index in [1.54, 1.807) is 5.38 Å². The average molecular weight is 248 g/mol. The lowest BCUT2D eigenvalue weighted by Crippen LogP contribution is -1.80. The van der Waals surface area contributed by atoms with Gasteiger partial charge in [-0.25, -0.2) is 0 Å².